The Kier molecular flexibility index (Phi) is 2.63. The van der Waals surface area contributed by atoms with Crippen LogP contribution in [0.25, 0.3) is 22.2 Å². The first kappa shape index (κ1) is 11.6. The van der Waals surface area contributed by atoms with E-state index < -0.39 is 0 Å². The molecule has 0 aliphatic rings. The van der Waals surface area contributed by atoms with E-state index in [1.165, 1.54) is 0 Å². The van der Waals surface area contributed by atoms with Gasteiger partial charge in [0, 0.05) is 11.3 Å². The van der Waals surface area contributed by atoms with Gasteiger partial charge in [-0.15, -0.1) is 0 Å². The zero-order chi connectivity index (χ0) is 13.4. The molecule has 0 aliphatic heterocycles. The number of hydrogen-bond acceptors (Lipinski definition) is 4. The highest BCUT2D eigenvalue weighted by Crippen LogP contribution is 2.35. The van der Waals surface area contributed by atoms with Crippen LogP contribution < -0.4 is 10.5 Å². The van der Waals surface area contributed by atoms with Gasteiger partial charge in [-0.05, 0) is 37.3 Å². The third kappa shape index (κ3) is 1.91. The summed E-state index contributed by atoms with van der Waals surface area (Å²) in [5.41, 5.74) is 10.0. The van der Waals surface area contributed by atoms with Crippen molar-refractivity contribution in [2.24, 2.45) is 0 Å². The maximum absolute atomic E-state index is 5.83. The van der Waals surface area contributed by atoms with Crippen molar-refractivity contribution in [3.8, 4) is 17.0 Å². The Morgan fingerprint density at radius 3 is 2.79 bits per heavy atom. The van der Waals surface area contributed by atoms with Crippen molar-refractivity contribution < 1.29 is 9.26 Å². The standard InChI is InChI=1S/C15H14N2O2/c1-9-3-5-13(18-2)11(7-9)15-12-8-10(16)4-6-14(12)19-17-15/h3-8H,16H2,1-2H3. The van der Waals surface area contributed by atoms with Gasteiger partial charge in [-0.1, -0.05) is 16.8 Å². The average Bonchev–Trinajstić information content (AvgIpc) is 2.81. The molecule has 0 unspecified atom stereocenters. The molecule has 0 saturated heterocycles. The molecule has 96 valence electrons. The SMILES string of the molecule is COc1ccc(C)cc1-c1noc2ccc(N)cc12. The molecule has 0 aliphatic carbocycles. The summed E-state index contributed by atoms with van der Waals surface area (Å²) in [5, 5.41) is 5.04. The monoisotopic (exact) mass is 254 g/mol. The third-order valence-corrected chi connectivity index (χ3v) is 3.10. The number of anilines is 1. The van der Waals surface area contributed by atoms with E-state index in [-0.39, 0.29) is 0 Å². The van der Waals surface area contributed by atoms with Crippen LogP contribution in [0.15, 0.2) is 40.9 Å². The molecule has 1 heterocycles. The summed E-state index contributed by atoms with van der Waals surface area (Å²) in [6, 6.07) is 11.4. The lowest BCUT2D eigenvalue weighted by molar-refractivity contribution is 0.415. The van der Waals surface area contributed by atoms with Crippen LogP contribution in [-0.2, 0) is 0 Å². The van der Waals surface area contributed by atoms with Gasteiger partial charge >= 0.3 is 0 Å². The number of aromatic nitrogens is 1. The molecule has 4 heteroatoms. The maximum atomic E-state index is 5.83. The second-order valence-corrected chi connectivity index (χ2v) is 4.49. The molecular formula is C15H14N2O2. The first-order valence-corrected chi connectivity index (χ1v) is 5.99. The van der Waals surface area contributed by atoms with Gasteiger partial charge in [0.25, 0.3) is 0 Å². The lowest BCUT2D eigenvalue weighted by Gasteiger charge is -2.07. The first-order chi connectivity index (χ1) is 9.19. The number of hydrogen-bond donors (Lipinski definition) is 1. The first-order valence-electron chi connectivity index (χ1n) is 5.99. The number of aryl methyl sites for hydroxylation is 1. The van der Waals surface area contributed by atoms with Gasteiger partial charge in [0.1, 0.15) is 11.4 Å². The molecule has 4 nitrogen and oxygen atoms in total. The van der Waals surface area contributed by atoms with E-state index in [1.54, 1.807) is 13.2 Å². The highest BCUT2D eigenvalue weighted by atomic mass is 16.5. The molecule has 19 heavy (non-hydrogen) atoms. The Hall–Kier alpha value is -2.49. The molecule has 0 radical (unpaired) electrons. The lowest BCUT2D eigenvalue weighted by Crippen LogP contribution is -1.90. The summed E-state index contributed by atoms with van der Waals surface area (Å²) in [4.78, 5) is 0. The summed E-state index contributed by atoms with van der Waals surface area (Å²) < 4.78 is 10.7. The number of nitrogens with zero attached hydrogens (tertiary/aromatic N) is 1. The lowest BCUT2D eigenvalue weighted by atomic mass is 10.0. The predicted molar refractivity (Wildman–Crippen MR) is 75.1 cm³/mol. The molecule has 0 spiro atoms. The number of ether oxygens (including phenoxy) is 1. The second kappa shape index (κ2) is 4.31. The van der Waals surface area contributed by atoms with E-state index in [9.17, 15) is 0 Å². The van der Waals surface area contributed by atoms with Crippen LogP contribution in [0.4, 0.5) is 5.69 Å². The van der Waals surface area contributed by atoms with Crippen LogP contribution in [0.3, 0.4) is 0 Å². The van der Waals surface area contributed by atoms with E-state index in [0.717, 1.165) is 28.0 Å². The molecular weight excluding hydrogens is 240 g/mol. The van der Waals surface area contributed by atoms with E-state index in [2.05, 4.69) is 5.16 Å². The minimum atomic E-state index is 0.684. The number of benzene rings is 2. The zero-order valence-electron chi connectivity index (χ0n) is 10.8. The highest BCUT2D eigenvalue weighted by Gasteiger charge is 2.15. The largest absolute Gasteiger partial charge is 0.496 e. The molecule has 3 rings (SSSR count). The Morgan fingerprint density at radius 2 is 2.00 bits per heavy atom. The van der Waals surface area contributed by atoms with Crippen molar-refractivity contribution in [1.82, 2.24) is 5.16 Å². The van der Waals surface area contributed by atoms with E-state index >= 15 is 0 Å². The Balaban J connectivity index is 2.29. The van der Waals surface area contributed by atoms with E-state index in [0.29, 0.717) is 11.3 Å². The topological polar surface area (TPSA) is 61.3 Å². The molecule has 0 bridgehead atoms. The average molecular weight is 254 g/mol. The van der Waals surface area contributed by atoms with Gasteiger partial charge in [-0.25, -0.2) is 0 Å². The van der Waals surface area contributed by atoms with Crippen molar-refractivity contribution in [2.45, 2.75) is 6.92 Å². The number of nitrogen functional groups attached to an aromatic ring is 1. The molecule has 0 saturated carbocycles. The van der Waals surface area contributed by atoms with Crippen LogP contribution in [-0.4, -0.2) is 12.3 Å². The van der Waals surface area contributed by atoms with Crippen molar-refractivity contribution in [3.63, 3.8) is 0 Å². The van der Waals surface area contributed by atoms with Crippen LogP contribution in [0.1, 0.15) is 5.56 Å². The van der Waals surface area contributed by atoms with Gasteiger partial charge in [0.05, 0.1) is 12.5 Å². The molecule has 0 amide bonds. The van der Waals surface area contributed by atoms with E-state index in [4.69, 9.17) is 15.0 Å². The number of methoxy groups -OCH3 is 1. The minimum absolute atomic E-state index is 0.684. The zero-order valence-corrected chi connectivity index (χ0v) is 10.8. The maximum Gasteiger partial charge on any atom is 0.167 e. The number of nitrogens with two attached hydrogens (primary N) is 1. The third-order valence-electron chi connectivity index (χ3n) is 3.10. The second-order valence-electron chi connectivity index (χ2n) is 4.49. The number of fused-ring (bicyclic) bond motifs is 1. The van der Waals surface area contributed by atoms with Crippen molar-refractivity contribution in [3.05, 3.63) is 42.0 Å². The molecule has 2 aromatic carbocycles. The number of rotatable bonds is 2. The van der Waals surface area contributed by atoms with Crippen LogP contribution in [0.2, 0.25) is 0 Å². The van der Waals surface area contributed by atoms with Crippen molar-refractivity contribution in [1.29, 1.82) is 0 Å². The van der Waals surface area contributed by atoms with Crippen LogP contribution in [0.5, 0.6) is 5.75 Å². The summed E-state index contributed by atoms with van der Waals surface area (Å²) >= 11 is 0. The Morgan fingerprint density at radius 1 is 1.16 bits per heavy atom. The minimum Gasteiger partial charge on any atom is -0.496 e. The summed E-state index contributed by atoms with van der Waals surface area (Å²) in [6.45, 7) is 2.03. The molecule has 1 aromatic heterocycles. The summed E-state index contributed by atoms with van der Waals surface area (Å²) in [7, 11) is 1.64. The van der Waals surface area contributed by atoms with Gasteiger partial charge in [-0.2, -0.15) is 0 Å². The van der Waals surface area contributed by atoms with Gasteiger partial charge in [0.2, 0.25) is 0 Å². The van der Waals surface area contributed by atoms with Gasteiger partial charge < -0.3 is 15.0 Å². The normalized spacial score (nSPS) is 10.8. The molecule has 0 atom stereocenters. The van der Waals surface area contributed by atoms with Gasteiger partial charge in [-0.3, -0.25) is 0 Å². The van der Waals surface area contributed by atoms with Crippen molar-refractivity contribution >= 4 is 16.7 Å². The quantitative estimate of drug-likeness (QED) is 0.712. The molecule has 2 N–H and O–H groups in total. The fraction of sp³-hybridized carbons (Fsp3) is 0.133. The molecule has 3 aromatic rings. The van der Waals surface area contributed by atoms with Crippen LogP contribution >= 0.6 is 0 Å². The summed E-state index contributed by atoms with van der Waals surface area (Å²) in [5.74, 6) is 0.767. The molecule has 0 fully saturated rings. The predicted octanol–water partition coefficient (Wildman–Crippen LogP) is 3.39. The van der Waals surface area contributed by atoms with Crippen molar-refractivity contribution in [2.75, 3.05) is 12.8 Å². The van der Waals surface area contributed by atoms with Crippen LogP contribution in [0, 0.1) is 6.92 Å². The Bertz CT molecular complexity index is 747. The fourth-order valence-corrected chi connectivity index (χ4v) is 2.16. The highest BCUT2D eigenvalue weighted by molar-refractivity contribution is 5.94. The fourth-order valence-electron chi connectivity index (χ4n) is 2.16. The smallest absolute Gasteiger partial charge is 0.167 e. The summed E-state index contributed by atoms with van der Waals surface area (Å²) in [6.07, 6.45) is 0. The Labute approximate surface area is 110 Å². The van der Waals surface area contributed by atoms with E-state index in [1.807, 2.05) is 37.3 Å². The van der Waals surface area contributed by atoms with Gasteiger partial charge in [0.15, 0.2) is 5.58 Å².